The Morgan fingerprint density at radius 2 is 1.64 bits per heavy atom. The zero-order valence-electron chi connectivity index (χ0n) is 13.6. The van der Waals surface area contributed by atoms with E-state index in [1.165, 1.54) is 20.3 Å². The highest BCUT2D eigenvalue weighted by Crippen LogP contribution is 2.27. The highest BCUT2D eigenvalue weighted by atomic mass is 32.2. The Hall–Kier alpha value is -1.36. The van der Waals surface area contributed by atoms with Gasteiger partial charge in [-0.1, -0.05) is 37.0 Å². The molecule has 1 aromatic rings. The summed E-state index contributed by atoms with van der Waals surface area (Å²) in [4.78, 5) is 12.7. The van der Waals surface area contributed by atoms with Gasteiger partial charge in [-0.25, -0.2) is 8.42 Å². The highest BCUT2D eigenvalue weighted by molar-refractivity contribution is 7.93. The van der Waals surface area contributed by atoms with Crippen LogP contribution in [0.15, 0.2) is 29.2 Å². The summed E-state index contributed by atoms with van der Waals surface area (Å²) in [6.45, 7) is 4.87. The molecule has 0 unspecified atom stereocenters. The van der Waals surface area contributed by atoms with E-state index in [4.69, 9.17) is 0 Å². The van der Waals surface area contributed by atoms with Crippen LogP contribution in [0, 0.1) is 6.92 Å². The minimum Gasteiger partial charge on any atom is -0.352 e. The van der Waals surface area contributed by atoms with Gasteiger partial charge in [0, 0.05) is 6.04 Å². The number of hydrogen-bond donors (Lipinski definition) is 1. The molecule has 1 fully saturated rings. The van der Waals surface area contributed by atoms with E-state index in [0.717, 1.165) is 31.2 Å². The van der Waals surface area contributed by atoms with Crippen molar-refractivity contribution >= 4 is 15.7 Å². The number of carbonyl (C=O) groups is 1. The average molecular weight is 323 g/mol. The molecule has 4 nitrogen and oxygen atoms in total. The molecule has 1 aliphatic carbocycles. The van der Waals surface area contributed by atoms with E-state index in [1.807, 2.05) is 6.92 Å². The lowest BCUT2D eigenvalue weighted by Gasteiger charge is -2.29. The van der Waals surface area contributed by atoms with Gasteiger partial charge in [0.25, 0.3) is 0 Å². The third-order valence-electron chi connectivity index (χ3n) is 4.49. The van der Waals surface area contributed by atoms with Crippen LogP contribution in [0.1, 0.15) is 51.5 Å². The summed E-state index contributed by atoms with van der Waals surface area (Å²) in [5.74, 6) is -0.403. The molecule has 1 saturated carbocycles. The van der Waals surface area contributed by atoms with E-state index in [1.54, 1.807) is 24.3 Å². The van der Waals surface area contributed by atoms with Crippen LogP contribution in [0.25, 0.3) is 0 Å². The van der Waals surface area contributed by atoms with E-state index >= 15 is 0 Å². The molecule has 0 bridgehead atoms. The van der Waals surface area contributed by atoms with Crippen molar-refractivity contribution in [3.05, 3.63) is 29.8 Å². The monoisotopic (exact) mass is 323 g/mol. The maximum absolute atomic E-state index is 12.8. The molecule has 1 N–H and O–H groups in total. The summed E-state index contributed by atoms with van der Waals surface area (Å²) in [5, 5.41) is 2.93. The number of amides is 1. The van der Waals surface area contributed by atoms with Crippen molar-refractivity contribution < 1.29 is 13.2 Å². The Labute approximate surface area is 133 Å². The molecule has 22 heavy (non-hydrogen) atoms. The minimum absolute atomic E-state index is 0.105. The van der Waals surface area contributed by atoms with Crippen molar-refractivity contribution in [3.63, 3.8) is 0 Å². The van der Waals surface area contributed by atoms with Crippen molar-refractivity contribution in [2.24, 2.45) is 0 Å². The van der Waals surface area contributed by atoms with Gasteiger partial charge in [-0.05, 0) is 45.7 Å². The fourth-order valence-electron chi connectivity index (χ4n) is 2.74. The van der Waals surface area contributed by atoms with Crippen LogP contribution >= 0.6 is 0 Å². The molecular weight excluding hydrogens is 298 g/mol. The number of rotatable bonds is 4. The van der Waals surface area contributed by atoms with E-state index in [-0.39, 0.29) is 10.9 Å². The first-order valence-corrected chi connectivity index (χ1v) is 9.36. The molecular formula is C17H25NO3S. The van der Waals surface area contributed by atoms with Gasteiger partial charge in [0.1, 0.15) is 4.75 Å². The first-order valence-electron chi connectivity index (χ1n) is 7.87. The van der Waals surface area contributed by atoms with Crippen molar-refractivity contribution in [2.45, 2.75) is 68.6 Å². The normalized spacial score (nSPS) is 17.2. The summed E-state index contributed by atoms with van der Waals surface area (Å²) in [6, 6.07) is 6.75. The first kappa shape index (κ1) is 17.0. The fraction of sp³-hybridized carbons (Fsp3) is 0.588. The Bertz CT molecular complexity index is 626. The predicted molar refractivity (Wildman–Crippen MR) is 87.5 cm³/mol. The summed E-state index contributed by atoms with van der Waals surface area (Å²) >= 11 is 0. The third kappa shape index (κ3) is 3.35. The van der Waals surface area contributed by atoms with Crippen LogP contribution in [0.4, 0.5) is 0 Å². The maximum atomic E-state index is 12.8. The van der Waals surface area contributed by atoms with Crippen molar-refractivity contribution in [1.82, 2.24) is 5.32 Å². The number of benzene rings is 1. The zero-order valence-corrected chi connectivity index (χ0v) is 14.4. The van der Waals surface area contributed by atoms with Gasteiger partial charge in [-0.2, -0.15) is 0 Å². The van der Waals surface area contributed by atoms with E-state index in [0.29, 0.717) is 0 Å². The second-order valence-electron chi connectivity index (χ2n) is 6.64. The molecule has 122 valence electrons. The first-order chi connectivity index (χ1) is 10.2. The topological polar surface area (TPSA) is 63.2 Å². The lowest BCUT2D eigenvalue weighted by Crippen LogP contribution is -2.51. The largest absolute Gasteiger partial charge is 0.352 e. The smallest absolute Gasteiger partial charge is 0.241 e. The number of nitrogens with one attached hydrogen (secondary N) is 1. The summed E-state index contributed by atoms with van der Waals surface area (Å²) in [6.07, 6.45) is 5.25. The Morgan fingerprint density at radius 3 is 2.18 bits per heavy atom. The van der Waals surface area contributed by atoms with Crippen LogP contribution < -0.4 is 5.32 Å². The van der Waals surface area contributed by atoms with Gasteiger partial charge in [0.15, 0.2) is 9.84 Å². The Morgan fingerprint density at radius 1 is 1.09 bits per heavy atom. The van der Waals surface area contributed by atoms with Gasteiger partial charge in [0.05, 0.1) is 4.90 Å². The van der Waals surface area contributed by atoms with Crippen LogP contribution in [0.5, 0.6) is 0 Å². The molecule has 0 radical (unpaired) electrons. The predicted octanol–water partition coefficient (Wildman–Crippen LogP) is 3.00. The van der Waals surface area contributed by atoms with Crippen LogP contribution in [0.3, 0.4) is 0 Å². The molecule has 5 heteroatoms. The molecule has 0 spiro atoms. The molecule has 1 aromatic carbocycles. The average Bonchev–Trinajstić information content (AvgIpc) is 2.48. The van der Waals surface area contributed by atoms with Crippen molar-refractivity contribution in [2.75, 3.05) is 0 Å². The van der Waals surface area contributed by atoms with Crippen LogP contribution in [-0.2, 0) is 14.6 Å². The number of hydrogen-bond acceptors (Lipinski definition) is 3. The maximum Gasteiger partial charge on any atom is 0.241 e. The van der Waals surface area contributed by atoms with E-state index < -0.39 is 20.5 Å². The highest BCUT2D eigenvalue weighted by Gasteiger charge is 2.43. The molecule has 1 aliphatic rings. The Kier molecular flexibility index (Phi) is 4.95. The molecule has 1 amide bonds. The van der Waals surface area contributed by atoms with Gasteiger partial charge in [-0.3, -0.25) is 4.79 Å². The van der Waals surface area contributed by atoms with E-state index in [9.17, 15) is 13.2 Å². The third-order valence-corrected chi connectivity index (χ3v) is 6.91. The second-order valence-corrected chi connectivity index (χ2v) is 9.13. The van der Waals surface area contributed by atoms with Crippen molar-refractivity contribution in [3.8, 4) is 0 Å². The molecule has 2 rings (SSSR count). The quantitative estimate of drug-likeness (QED) is 0.926. The molecule has 0 heterocycles. The molecule has 0 atom stereocenters. The summed E-state index contributed by atoms with van der Waals surface area (Å²) in [5.41, 5.74) is 0.989. The molecule has 0 aromatic heterocycles. The minimum atomic E-state index is -3.72. The van der Waals surface area contributed by atoms with Gasteiger partial charge < -0.3 is 5.32 Å². The summed E-state index contributed by atoms with van der Waals surface area (Å²) < 4.78 is 24.1. The lowest BCUT2D eigenvalue weighted by molar-refractivity contribution is -0.123. The van der Waals surface area contributed by atoms with Gasteiger partial charge in [0.2, 0.25) is 5.91 Å². The van der Waals surface area contributed by atoms with Gasteiger partial charge in [-0.15, -0.1) is 0 Å². The molecule has 0 aliphatic heterocycles. The standard InChI is InChI=1S/C17H25NO3S/c1-13-9-11-15(12-10-13)22(20,21)17(2,3)16(19)18-14-7-5-4-6-8-14/h9-12,14H,4-8H2,1-3H3,(H,18,19). The second kappa shape index (κ2) is 6.41. The van der Waals surface area contributed by atoms with Crippen molar-refractivity contribution in [1.29, 1.82) is 0 Å². The lowest BCUT2D eigenvalue weighted by atomic mass is 9.95. The zero-order chi connectivity index (χ0) is 16.4. The number of carbonyl (C=O) groups excluding carboxylic acids is 1. The number of aryl methyl sites for hydroxylation is 1. The van der Waals surface area contributed by atoms with E-state index in [2.05, 4.69) is 5.32 Å². The van der Waals surface area contributed by atoms with Crippen LogP contribution in [0.2, 0.25) is 0 Å². The molecule has 0 saturated heterocycles. The fourth-order valence-corrected chi connectivity index (χ4v) is 4.13. The number of sulfone groups is 1. The van der Waals surface area contributed by atoms with Gasteiger partial charge >= 0.3 is 0 Å². The Balaban J connectivity index is 2.19. The van der Waals surface area contributed by atoms with Crippen LogP contribution in [-0.4, -0.2) is 25.1 Å². The summed E-state index contributed by atoms with van der Waals surface area (Å²) in [7, 11) is -3.72. The SMILES string of the molecule is Cc1ccc(S(=O)(=O)C(C)(C)C(=O)NC2CCCCC2)cc1.